The summed E-state index contributed by atoms with van der Waals surface area (Å²) in [6.45, 7) is 6.85. The Bertz CT molecular complexity index is 405. The lowest BCUT2D eigenvalue weighted by Gasteiger charge is -2.29. The van der Waals surface area contributed by atoms with Crippen LogP contribution in [0.5, 0.6) is 5.75 Å². The topological polar surface area (TPSA) is 35.9 Å². The van der Waals surface area contributed by atoms with Crippen molar-refractivity contribution in [2.24, 2.45) is 0 Å². The Morgan fingerprint density at radius 1 is 1.20 bits per heavy atom. The van der Waals surface area contributed by atoms with Gasteiger partial charge in [-0.25, -0.2) is 0 Å². The molecule has 4 heteroatoms. The summed E-state index contributed by atoms with van der Waals surface area (Å²) in [5.74, 6) is 0.753. The van der Waals surface area contributed by atoms with Gasteiger partial charge in [-0.3, -0.25) is 0 Å². The highest BCUT2D eigenvalue weighted by molar-refractivity contribution is 5.60. The lowest BCUT2D eigenvalue weighted by molar-refractivity contribution is 0.194. The van der Waals surface area contributed by atoms with Crippen LogP contribution in [0.3, 0.4) is 0 Å². The predicted molar refractivity (Wildman–Crippen MR) is 84.7 cm³/mol. The van der Waals surface area contributed by atoms with Crippen molar-refractivity contribution < 1.29 is 9.84 Å². The van der Waals surface area contributed by atoms with Gasteiger partial charge in [0, 0.05) is 30.9 Å². The first-order valence-electron chi connectivity index (χ1n) is 7.25. The number of anilines is 1. The maximum Gasteiger partial charge on any atom is 0.126 e. The maximum atomic E-state index is 10.1. The molecule has 0 bridgehead atoms. The van der Waals surface area contributed by atoms with Gasteiger partial charge in [-0.05, 0) is 39.6 Å². The van der Waals surface area contributed by atoms with Gasteiger partial charge in [0.15, 0.2) is 0 Å². The summed E-state index contributed by atoms with van der Waals surface area (Å²) in [5.41, 5.74) is 1.95. The number of aliphatic hydroxyl groups excluding tert-OH is 1. The Hall–Kier alpha value is -1.26. The minimum Gasteiger partial charge on any atom is -0.496 e. The average Bonchev–Trinajstić information content (AvgIpc) is 2.42. The molecule has 0 radical (unpaired) electrons. The summed E-state index contributed by atoms with van der Waals surface area (Å²) in [4.78, 5) is 4.50. The highest BCUT2D eigenvalue weighted by Crippen LogP contribution is 2.34. The number of aliphatic hydroxyl groups is 1. The van der Waals surface area contributed by atoms with Crippen LogP contribution in [-0.2, 0) is 0 Å². The van der Waals surface area contributed by atoms with Gasteiger partial charge in [-0.2, -0.15) is 0 Å². The van der Waals surface area contributed by atoms with E-state index in [0.717, 1.165) is 43.1 Å². The number of hydrogen-bond donors (Lipinski definition) is 1. The van der Waals surface area contributed by atoms with E-state index in [1.807, 2.05) is 12.1 Å². The fraction of sp³-hybridized carbons (Fsp3) is 0.625. The minimum absolute atomic E-state index is 0.542. The van der Waals surface area contributed by atoms with Gasteiger partial charge in [-0.15, -0.1) is 0 Å². The van der Waals surface area contributed by atoms with Crippen molar-refractivity contribution in [3.05, 3.63) is 23.8 Å². The van der Waals surface area contributed by atoms with E-state index in [0.29, 0.717) is 0 Å². The van der Waals surface area contributed by atoms with Crippen LogP contribution in [0.1, 0.15) is 31.9 Å². The van der Waals surface area contributed by atoms with E-state index < -0.39 is 6.10 Å². The smallest absolute Gasteiger partial charge is 0.126 e. The van der Waals surface area contributed by atoms with Crippen molar-refractivity contribution in [2.75, 3.05) is 45.7 Å². The molecule has 20 heavy (non-hydrogen) atoms. The molecule has 4 nitrogen and oxygen atoms in total. The van der Waals surface area contributed by atoms with Gasteiger partial charge >= 0.3 is 0 Å². The van der Waals surface area contributed by atoms with E-state index in [4.69, 9.17) is 4.74 Å². The van der Waals surface area contributed by atoms with Crippen molar-refractivity contribution in [2.45, 2.75) is 26.4 Å². The second kappa shape index (κ2) is 8.12. The van der Waals surface area contributed by atoms with Crippen LogP contribution in [0.2, 0.25) is 0 Å². The van der Waals surface area contributed by atoms with Crippen LogP contribution in [0.4, 0.5) is 5.69 Å². The number of nitrogens with zero attached hydrogens (tertiary/aromatic N) is 2. The van der Waals surface area contributed by atoms with Crippen LogP contribution in [-0.4, -0.2) is 50.8 Å². The third-order valence-corrected chi connectivity index (χ3v) is 3.33. The van der Waals surface area contributed by atoms with Gasteiger partial charge in [-0.1, -0.05) is 13.0 Å². The Morgan fingerprint density at radius 3 is 2.40 bits per heavy atom. The second-order valence-corrected chi connectivity index (χ2v) is 5.36. The molecule has 0 unspecified atom stereocenters. The van der Waals surface area contributed by atoms with E-state index in [1.165, 1.54) is 0 Å². The first-order valence-corrected chi connectivity index (χ1v) is 7.25. The van der Waals surface area contributed by atoms with Crippen molar-refractivity contribution in [1.82, 2.24) is 4.90 Å². The number of ether oxygens (including phenoxy) is 1. The second-order valence-electron chi connectivity index (χ2n) is 5.36. The number of likely N-dealkylation sites (N-methyl/N-ethyl adjacent to an activating group) is 1. The Morgan fingerprint density at radius 2 is 1.90 bits per heavy atom. The van der Waals surface area contributed by atoms with Gasteiger partial charge < -0.3 is 19.6 Å². The molecule has 0 amide bonds. The number of hydrogen-bond acceptors (Lipinski definition) is 4. The number of rotatable bonds is 8. The SMILES string of the molecule is CCCN(CCN(C)C)c1cccc(OC)c1[C@@H](C)O. The zero-order valence-corrected chi connectivity index (χ0v) is 13.4. The molecule has 0 fully saturated rings. The lowest BCUT2D eigenvalue weighted by Crippen LogP contribution is -2.33. The van der Waals surface area contributed by atoms with Gasteiger partial charge in [0.2, 0.25) is 0 Å². The first-order chi connectivity index (χ1) is 9.51. The largest absolute Gasteiger partial charge is 0.496 e. The van der Waals surface area contributed by atoms with E-state index in [2.05, 4.69) is 36.9 Å². The molecular formula is C16H28N2O2. The molecular weight excluding hydrogens is 252 g/mol. The van der Waals surface area contributed by atoms with E-state index in [-0.39, 0.29) is 0 Å². The van der Waals surface area contributed by atoms with Crippen LogP contribution in [0.25, 0.3) is 0 Å². The van der Waals surface area contributed by atoms with Gasteiger partial charge in [0.25, 0.3) is 0 Å². The molecule has 1 N–H and O–H groups in total. The molecule has 0 spiro atoms. The first kappa shape index (κ1) is 16.8. The normalized spacial score (nSPS) is 12.6. The quantitative estimate of drug-likeness (QED) is 0.794. The summed E-state index contributed by atoms with van der Waals surface area (Å²) >= 11 is 0. The Balaban J connectivity index is 3.11. The van der Waals surface area contributed by atoms with E-state index in [9.17, 15) is 5.11 Å². The van der Waals surface area contributed by atoms with Crippen molar-refractivity contribution in [3.8, 4) is 5.75 Å². The van der Waals surface area contributed by atoms with Crippen LogP contribution >= 0.6 is 0 Å². The summed E-state index contributed by atoms with van der Waals surface area (Å²) in [6.07, 6.45) is 0.532. The molecule has 1 rings (SSSR count). The predicted octanol–water partition coefficient (Wildman–Crippen LogP) is 2.53. The molecule has 0 saturated heterocycles. The monoisotopic (exact) mass is 280 g/mol. The molecule has 0 aliphatic carbocycles. The van der Waals surface area contributed by atoms with Crippen molar-refractivity contribution in [3.63, 3.8) is 0 Å². The standard InChI is InChI=1S/C16H28N2O2/c1-6-10-18(12-11-17(3)4)14-8-7-9-15(20-5)16(14)13(2)19/h7-9,13,19H,6,10-12H2,1-5H3/t13-/m1/s1. The van der Waals surface area contributed by atoms with Gasteiger partial charge in [0.1, 0.15) is 5.75 Å². The van der Waals surface area contributed by atoms with Crippen molar-refractivity contribution in [1.29, 1.82) is 0 Å². The molecule has 0 heterocycles. The third-order valence-electron chi connectivity index (χ3n) is 3.33. The fourth-order valence-corrected chi connectivity index (χ4v) is 2.35. The lowest BCUT2D eigenvalue weighted by atomic mass is 10.1. The molecule has 0 aliphatic rings. The zero-order valence-electron chi connectivity index (χ0n) is 13.4. The molecule has 0 aliphatic heterocycles. The molecule has 0 saturated carbocycles. The van der Waals surface area contributed by atoms with E-state index in [1.54, 1.807) is 14.0 Å². The highest BCUT2D eigenvalue weighted by atomic mass is 16.5. The fourth-order valence-electron chi connectivity index (χ4n) is 2.35. The average molecular weight is 280 g/mol. The number of benzene rings is 1. The molecule has 1 atom stereocenters. The molecule has 114 valence electrons. The number of methoxy groups -OCH3 is 1. The molecule has 1 aromatic rings. The zero-order chi connectivity index (χ0) is 15.1. The third kappa shape index (κ3) is 4.39. The maximum absolute atomic E-state index is 10.1. The minimum atomic E-state index is -0.542. The summed E-state index contributed by atoms with van der Waals surface area (Å²) in [7, 11) is 5.80. The van der Waals surface area contributed by atoms with Crippen LogP contribution < -0.4 is 9.64 Å². The van der Waals surface area contributed by atoms with Crippen LogP contribution in [0.15, 0.2) is 18.2 Å². The summed E-state index contributed by atoms with van der Waals surface area (Å²) in [5, 5.41) is 10.1. The Labute approximate surface area is 123 Å². The van der Waals surface area contributed by atoms with Crippen molar-refractivity contribution >= 4 is 5.69 Å². The summed E-state index contributed by atoms with van der Waals surface area (Å²) < 4.78 is 5.40. The highest BCUT2D eigenvalue weighted by Gasteiger charge is 2.18. The molecule has 0 aromatic heterocycles. The molecule has 1 aromatic carbocycles. The van der Waals surface area contributed by atoms with E-state index >= 15 is 0 Å². The summed E-state index contributed by atoms with van der Waals surface area (Å²) in [6, 6.07) is 5.95. The van der Waals surface area contributed by atoms with Crippen LogP contribution in [0, 0.1) is 0 Å². The van der Waals surface area contributed by atoms with Gasteiger partial charge in [0.05, 0.1) is 13.2 Å². The Kier molecular flexibility index (Phi) is 6.82.